The molecule has 1 heterocycles. The Morgan fingerprint density at radius 2 is 1.95 bits per heavy atom. The van der Waals surface area contributed by atoms with Gasteiger partial charge in [0.05, 0.1) is 6.42 Å². The zero-order valence-electron chi connectivity index (χ0n) is 11.2. The molecule has 0 aliphatic carbocycles. The van der Waals surface area contributed by atoms with Crippen molar-refractivity contribution >= 4 is 5.91 Å². The van der Waals surface area contributed by atoms with Gasteiger partial charge in [-0.25, -0.2) is 9.97 Å². The number of carbonyl (C=O) groups excluding carboxylic acids is 1. The number of hydrogen-bond acceptors (Lipinski definition) is 3. The van der Waals surface area contributed by atoms with Crippen LogP contribution in [0.2, 0.25) is 0 Å². The van der Waals surface area contributed by atoms with E-state index in [0.717, 1.165) is 6.33 Å². The molecule has 2 rings (SSSR count). The number of aromatic nitrogens is 2. The molecule has 0 aliphatic rings. The number of rotatable bonds is 2. The zero-order valence-corrected chi connectivity index (χ0v) is 11.2. The summed E-state index contributed by atoms with van der Waals surface area (Å²) in [6.45, 7) is 0. The predicted octanol–water partition coefficient (Wildman–Crippen LogP) is 1.92. The molecule has 1 amide bonds. The molecule has 2 aromatic rings. The molecule has 0 saturated heterocycles. The van der Waals surface area contributed by atoms with Crippen LogP contribution < -0.4 is 5.73 Å². The number of amides is 1. The van der Waals surface area contributed by atoms with Gasteiger partial charge in [0.1, 0.15) is 17.6 Å². The van der Waals surface area contributed by atoms with E-state index in [-0.39, 0.29) is 6.42 Å². The molecule has 0 radical (unpaired) electrons. The van der Waals surface area contributed by atoms with Gasteiger partial charge in [0.25, 0.3) is 0 Å². The van der Waals surface area contributed by atoms with Crippen LogP contribution in [0.15, 0.2) is 36.8 Å². The highest BCUT2D eigenvalue weighted by atomic mass is 19.4. The normalized spacial score (nSPS) is 10.7. The van der Waals surface area contributed by atoms with Crippen molar-refractivity contribution in [3.8, 4) is 11.8 Å². The molecular weight excluding hydrogens is 295 g/mol. The summed E-state index contributed by atoms with van der Waals surface area (Å²) in [4.78, 5) is 17.9. The molecule has 0 saturated carbocycles. The predicted molar refractivity (Wildman–Crippen MR) is 72.4 cm³/mol. The van der Waals surface area contributed by atoms with E-state index >= 15 is 0 Å². The number of nitrogens with zero attached hydrogens (tertiary/aromatic N) is 2. The molecular formula is C15H10F3N3O. The van der Waals surface area contributed by atoms with E-state index in [4.69, 9.17) is 5.73 Å². The van der Waals surface area contributed by atoms with E-state index < -0.39 is 23.3 Å². The average molecular weight is 305 g/mol. The highest BCUT2D eigenvalue weighted by Gasteiger charge is 2.34. The number of hydrogen-bond donors (Lipinski definition) is 1. The first-order valence-electron chi connectivity index (χ1n) is 6.13. The number of primary amides is 1. The van der Waals surface area contributed by atoms with E-state index in [0.29, 0.717) is 17.3 Å². The summed E-state index contributed by atoms with van der Waals surface area (Å²) >= 11 is 0. The summed E-state index contributed by atoms with van der Waals surface area (Å²) < 4.78 is 38.4. The second-order valence-electron chi connectivity index (χ2n) is 4.33. The molecule has 0 aliphatic heterocycles. The van der Waals surface area contributed by atoms with Crippen molar-refractivity contribution in [2.75, 3.05) is 0 Å². The van der Waals surface area contributed by atoms with Gasteiger partial charge in [0.15, 0.2) is 0 Å². The van der Waals surface area contributed by atoms with Crippen LogP contribution in [-0.4, -0.2) is 15.9 Å². The second-order valence-corrected chi connectivity index (χ2v) is 4.33. The number of carbonyl (C=O) groups is 1. The molecule has 22 heavy (non-hydrogen) atoms. The molecule has 1 aromatic heterocycles. The Morgan fingerprint density at radius 3 is 2.64 bits per heavy atom. The molecule has 0 spiro atoms. The fourth-order valence-electron chi connectivity index (χ4n) is 1.75. The van der Waals surface area contributed by atoms with Crippen molar-refractivity contribution in [2.45, 2.75) is 12.6 Å². The Hall–Kier alpha value is -2.88. The minimum absolute atomic E-state index is 0.0409. The summed E-state index contributed by atoms with van der Waals surface area (Å²) in [7, 11) is 0. The summed E-state index contributed by atoms with van der Waals surface area (Å²) in [5.41, 5.74) is 4.67. The van der Waals surface area contributed by atoms with Crippen LogP contribution >= 0.6 is 0 Å². The number of nitrogens with two attached hydrogens (primary N) is 1. The van der Waals surface area contributed by atoms with Crippen molar-refractivity contribution in [3.05, 3.63) is 59.2 Å². The van der Waals surface area contributed by atoms with Gasteiger partial charge < -0.3 is 5.73 Å². The average Bonchev–Trinajstić information content (AvgIpc) is 2.45. The van der Waals surface area contributed by atoms with Gasteiger partial charge in [0.2, 0.25) is 5.91 Å². The lowest BCUT2D eigenvalue weighted by Gasteiger charge is -2.06. The number of halogens is 3. The van der Waals surface area contributed by atoms with Crippen molar-refractivity contribution in [2.24, 2.45) is 5.73 Å². The van der Waals surface area contributed by atoms with Gasteiger partial charge in [0, 0.05) is 11.8 Å². The lowest BCUT2D eigenvalue weighted by atomic mass is 10.0. The van der Waals surface area contributed by atoms with Crippen LogP contribution in [0, 0.1) is 11.8 Å². The molecule has 0 atom stereocenters. The fourth-order valence-corrected chi connectivity index (χ4v) is 1.75. The van der Waals surface area contributed by atoms with E-state index in [1.807, 2.05) is 0 Å². The van der Waals surface area contributed by atoms with Gasteiger partial charge >= 0.3 is 6.18 Å². The number of alkyl halides is 3. The molecule has 0 bridgehead atoms. The molecule has 0 fully saturated rings. The molecule has 112 valence electrons. The van der Waals surface area contributed by atoms with Crippen LogP contribution in [0.4, 0.5) is 13.2 Å². The standard InChI is InChI=1S/C15H10F3N3O/c16-15(17,18)12-8-20-9-21-13(12)6-5-10-3-1-2-4-11(10)7-14(19)22/h1-4,8-9H,7H2,(H2,19,22). The first kappa shape index (κ1) is 15.5. The highest BCUT2D eigenvalue weighted by Crippen LogP contribution is 2.30. The number of benzene rings is 1. The Morgan fingerprint density at radius 1 is 1.23 bits per heavy atom. The maximum atomic E-state index is 12.8. The molecule has 2 N–H and O–H groups in total. The van der Waals surface area contributed by atoms with Crippen LogP contribution in [0.5, 0.6) is 0 Å². The van der Waals surface area contributed by atoms with Crippen LogP contribution in [0.25, 0.3) is 0 Å². The topological polar surface area (TPSA) is 68.9 Å². The Kier molecular flexibility index (Phi) is 4.41. The molecule has 7 heteroatoms. The van der Waals surface area contributed by atoms with E-state index in [1.165, 1.54) is 0 Å². The SMILES string of the molecule is NC(=O)Cc1ccccc1C#Cc1ncncc1C(F)(F)F. The third-order valence-electron chi connectivity index (χ3n) is 2.72. The fraction of sp³-hybridized carbons (Fsp3) is 0.133. The van der Waals surface area contributed by atoms with Crippen LogP contribution in [-0.2, 0) is 17.4 Å². The minimum Gasteiger partial charge on any atom is -0.369 e. The first-order valence-corrected chi connectivity index (χ1v) is 6.13. The maximum Gasteiger partial charge on any atom is 0.420 e. The van der Waals surface area contributed by atoms with E-state index in [1.54, 1.807) is 24.3 Å². The summed E-state index contributed by atoms with van der Waals surface area (Å²) in [6.07, 6.45) is -2.96. The van der Waals surface area contributed by atoms with Crippen LogP contribution in [0.3, 0.4) is 0 Å². The lowest BCUT2D eigenvalue weighted by molar-refractivity contribution is -0.138. The second kappa shape index (κ2) is 6.26. The van der Waals surface area contributed by atoms with E-state index in [2.05, 4.69) is 21.8 Å². The van der Waals surface area contributed by atoms with Gasteiger partial charge in [-0.2, -0.15) is 13.2 Å². The molecule has 0 unspecified atom stereocenters. The van der Waals surface area contributed by atoms with Gasteiger partial charge in [-0.3, -0.25) is 4.79 Å². The largest absolute Gasteiger partial charge is 0.420 e. The Balaban J connectivity index is 2.42. The van der Waals surface area contributed by atoms with Crippen molar-refractivity contribution in [1.29, 1.82) is 0 Å². The Labute approximate surface area is 124 Å². The van der Waals surface area contributed by atoms with Crippen LogP contribution in [0.1, 0.15) is 22.4 Å². The Bertz CT molecular complexity index is 760. The molecule has 1 aromatic carbocycles. The van der Waals surface area contributed by atoms with Gasteiger partial charge in [-0.05, 0) is 17.6 Å². The summed E-state index contributed by atoms with van der Waals surface area (Å²) in [5, 5.41) is 0. The van der Waals surface area contributed by atoms with E-state index in [9.17, 15) is 18.0 Å². The maximum absolute atomic E-state index is 12.8. The van der Waals surface area contributed by atoms with Crippen molar-refractivity contribution in [3.63, 3.8) is 0 Å². The van der Waals surface area contributed by atoms with Crippen molar-refractivity contribution < 1.29 is 18.0 Å². The van der Waals surface area contributed by atoms with Crippen molar-refractivity contribution in [1.82, 2.24) is 9.97 Å². The third-order valence-corrected chi connectivity index (χ3v) is 2.72. The van der Waals surface area contributed by atoms with Gasteiger partial charge in [-0.15, -0.1) is 0 Å². The molecule has 4 nitrogen and oxygen atoms in total. The summed E-state index contributed by atoms with van der Waals surface area (Å²) in [5.74, 6) is 4.43. The van der Waals surface area contributed by atoms with Gasteiger partial charge in [-0.1, -0.05) is 24.1 Å². The minimum atomic E-state index is -4.59. The monoisotopic (exact) mass is 305 g/mol. The summed E-state index contributed by atoms with van der Waals surface area (Å²) in [6, 6.07) is 6.59. The highest BCUT2D eigenvalue weighted by molar-refractivity contribution is 5.77. The quantitative estimate of drug-likeness (QED) is 0.862. The first-order chi connectivity index (χ1) is 10.4. The smallest absolute Gasteiger partial charge is 0.369 e. The third kappa shape index (κ3) is 3.82. The lowest BCUT2D eigenvalue weighted by Crippen LogP contribution is -2.14. The zero-order chi connectivity index (χ0) is 16.2.